The Kier molecular flexibility index (Phi) is 2.87. The van der Waals surface area contributed by atoms with Gasteiger partial charge in [-0.15, -0.1) is 6.58 Å². The van der Waals surface area contributed by atoms with Gasteiger partial charge in [-0.3, -0.25) is 0 Å². The molecule has 1 aliphatic rings. The predicted octanol–water partition coefficient (Wildman–Crippen LogP) is 3.00. The van der Waals surface area contributed by atoms with Crippen molar-refractivity contribution < 1.29 is 0 Å². The van der Waals surface area contributed by atoms with E-state index in [0.717, 1.165) is 16.8 Å². The molecule has 74 valence electrons. The molecule has 0 aromatic carbocycles. The lowest BCUT2D eigenvalue weighted by Gasteiger charge is -2.21. The minimum atomic E-state index is 0.682. The molecule has 0 radical (unpaired) electrons. The first-order valence-electron chi connectivity index (χ1n) is 4.80. The Hall–Kier alpha value is -0.830. The van der Waals surface area contributed by atoms with Crippen molar-refractivity contribution in [1.82, 2.24) is 4.98 Å². The van der Waals surface area contributed by atoms with E-state index in [4.69, 9.17) is 0 Å². The van der Waals surface area contributed by atoms with Crippen LogP contribution in [-0.4, -0.2) is 17.6 Å². The highest BCUT2D eigenvalue weighted by Crippen LogP contribution is 2.30. The van der Waals surface area contributed by atoms with Crippen LogP contribution in [0, 0.1) is 0 Å². The van der Waals surface area contributed by atoms with Gasteiger partial charge in [-0.25, -0.2) is 4.98 Å². The Morgan fingerprint density at radius 1 is 1.57 bits per heavy atom. The van der Waals surface area contributed by atoms with Crippen LogP contribution in [0.5, 0.6) is 0 Å². The summed E-state index contributed by atoms with van der Waals surface area (Å²) in [7, 11) is 0. The summed E-state index contributed by atoms with van der Waals surface area (Å²) in [5.74, 6) is 1.05. The van der Waals surface area contributed by atoms with Crippen LogP contribution >= 0.6 is 15.9 Å². The van der Waals surface area contributed by atoms with Crippen LogP contribution in [0.4, 0.5) is 5.82 Å². The fraction of sp³-hybridized carbons (Fsp3) is 0.364. The average molecular weight is 253 g/mol. The zero-order valence-electron chi connectivity index (χ0n) is 7.99. The van der Waals surface area contributed by atoms with E-state index in [1.165, 1.54) is 12.8 Å². The lowest BCUT2D eigenvalue weighted by atomic mass is 10.4. The highest BCUT2D eigenvalue weighted by atomic mass is 79.9. The van der Waals surface area contributed by atoms with Crippen LogP contribution in [-0.2, 0) is 0 Å². The first-order valence-corrected chi connectivity index (χ1v) is 5.59. The van der Waals surface area contributed by atoms with Gasteiger partial charge in [-0.2, -0.15) is 0 Å². The number of hydrogen-bond acceptors (Lipinski definition) is 2. The van der Waals surface area contributed by atoms with Crippen molar-refractivity contribution in [2.45, 2.75) is 18.9 Å². The molecule has 1 heterocycles. The molecule has 0 N–H and O–H groups in total. The van der Waals surface area contributed by atoms with Crippen molar-refractivity contribution in [2.24, 2.45) is 0 Å². The van der Waals surface area contributed by atoms with Gasteiger partial charge in [0.25, 0.3) is 0 Å². The molecular weight excluding hydrogens is 240 g/mol. The van der Waals surface area contributed by atoms with Gasteiger partial charge in [-0.05, 0) is 40.9 Å². The summed E-state index contributed by atoms with van der Waals surface area (Å²) in [5, 5.41) is 0. The first kappa shape index (κ1) is 9.71. The van der Waals surface area contributed by atoms with Gasteiger partial charge in [0.05, 0.1) is 0 Å². The maximum atomic E-state index is 4.39. The van der Waals surface area contributed by atoms with E-state index >= 15 is 0 Å². The third-order valence-corrected chi connectivity index (χ3v) is 2.79. The molecule has 0 bridgehead atoms. The average Bonchev–Trinajstić information content (AvgIpc) is 2.99. The van der Waals surface area contributed by atoms with E-state index in [-0.39, 0.29) is 0 Å². The molecule has 0 spiro atoms. The minimum Gasteiger partial charge on any atom is -0.350 e. The maximum Gasteiger partial charge on any atom is 0.129 e. The Morgan fingerprint density at radius 2 is 2.36 bits per heavy atom. The summed E-state index contributed by atoms with van der Waals surface area (Å²) in [6, 6.07) is 4.76. The van der Waals surface area contributed by atoms with Crippen LogP contribution in [0.1, 0.15) is 12.8 Å². The standard InChI is InChI=1S/C11H13BrN2/c1-2-7-14(10-4-5-10)11-6-3-9(12)8-13-11/h2-3,6,8,10H,1,4-5,7H2. The molecule has 2 nitrogen and oxygen atoms in total. The molecule has 3 heteroatoms. The van der Waals surface area contributed by atoms with Gasteiger partial charge in [0, 0.05) is 23.3 Å². The fourth-order valence-electron chi connectivity index (χ4n) is 1.49. The molecule has 0 unspecified atom stereocenters. The Balaban J connectivity index is 2.16. The van der Waals surface area contributed by atoms with Gasteiger partial charge >= 0.3 is 0 Å². The van der Waals surface area contributed by atoms with Crippen LogP contribution < -0.4 is 4.90 Å². The van der Waals surface area contributed by atoms with Crippen LogP contribution in [0.15, 0.2) is 35.5 Å². The number of nitrogens with zero attached hydrogens (tertiary/aromatic N) is 2. The van der Waals surface area contributed by atoms with Gasteiger partial charge in [0.2, 0.25) is 0 Å². The van der Waals surface area contributed by atoms with Crippen LogP contribution in [0.3, 0.4) is 0 Å². The molecule has 0 aliphatic heterocycles. The molecule has 14 heavy (non-hydrogen) atoms. The van der Waals surface area contributed by atoms with Crippen molar-refractivity contribution >= 4 is 21.7 Å². The third-order valence-electron chi connectivity index (χ3n) is 2.32. The fourth-order valence-corrected chi connectivity index (χ4v) is 1.73. The molecule has 1 saturated carbocycles. The second-order valence-electron chi connectivity index (χ2n) is 3.51. The van der Waals surface area contributed by atoms with E-state index < -0.39 is 0 Å². The third kappa shape index (κ3) is 2.15. The Labute approximate surface area is 92.8 Å². The van der Waals surface area contributed by atoms with Gasteiger partial charge < -0.3 is 4.90 Å². The summed E-state index contributed by atoms with van der Waals surface area (Å²) < 4.78 is 1.02. The minimum absolute atomic E-state index is 0.682. The van der Waals surface area contributed by atoms with Crippen molar-refractivity contribution in [1.29, 1.82) is 0 Å². The molecule has 0 saturated heterocycles. The molecule has 1 aromatic rings. The van der Waals surface area contributed by atoms with E-state index in [0.29, 0.717) is 6.04 Å². The summed E-state index contributed by atoms with van der Waals surface area (Å²) >= 11 is 3.39. The molecule has 2 rings (SSSR count). The highest BCUT2D eigenvalue weighted by molar-refractivity contribution is 9.10. The van der Waals surface area contributed by atoms with Crippen molar-refractivity contribution in [2.75, 3.05) is 11.4 Å². The van der Waals surface area contributed by atoms with Crippen LogP contribution in [0.2, 0.25) is 0 Å². The molecule has 0 amide bonds. The number of rotatable bonds is 4. The number of anilines is 1. The summed E-state index contributed by atoms with van der Waals surface area (Å²) in [6.07, 6.45) is 6.34. The lowest BCUT2D eigenvalue weighted by molar-refractivity contribution is 0.841. The summed E-state index contributed by atoms with van der Waals surface area (Å²) in [5.41, 5.74) is 0. The number of pyridine rings is 1. The van der Waals surface area contributed by atoms with E-state index in [1.807, 2.05) is 24.4 Å². The smallest absolute Gasteiger partial charge is 0.129 e. The number of hydrogen-bond donors (Lipinski definition) is 0. The summed E-state index contributed by atoms with van der Waals surface area (Å²) in [4.78, 5) is 6.69. The predicted molar refractivity (Wildman–Crippen MR) is 62.5 cm³/mol. The van der Waals surface area contributed by atoms with E-state index in [9.17, 15) is 0 Å². The van der Waals surface area contributed by atoms with E-state index in [1.54, 1.807) is 0 Å². The second-order valence-corrected chi connectivity index (χ2v) is 4.42. The van der Waals surface area contributed by atoms with Crippen LogP contribution in [0.25, 0.3) is 0 Å². The normalized spacial score (nSPS) is 15.2. The van der Waals surface area contributed by atoms with Gasteiger partial charge in [0.1, 0.15) is 5.82 Å². The summed E-state index contributed by atoms with van der Waals surface area (Å²) in [6.45, 7) is 4.66. The van der Waals surface area contributed by atoms with E-state index in [2.05, 4.69) is 32.4 Å². The quantitative estimate of drug-likeness (QED) is 0.767. The maximum absolute atomic E-state index is 4.39. The molecule has 1 fully saturated rings. The SMILES string of the molecule is C=CCN(c1ccc(Br)cn1)C1CC1. The topological polar surface area (TPSA) is 16.1 Å². The first-order chi connectivity index (χ1) is 6.81. The molecule has 0 atom stereocenters. The van der Waals surface area contributed by atoms with Crippen molar-refractivity contribution in [3.8, 4) is 0 Å². The molecule has 1 aromatic heterocycles. The van der Waals surface area contributed by atoms with Gasteiger partial charge in [-0.1, -0.05) is 6.08 Å². The van der Waals surface area contributed by atoms with Gasteiger partial charge in [0.15, 0.2) is 0 Å². The van der Waals surface area contributed by atoms with Crippen molar-refractivity contribution in [3.05, 3.63) is 35.5 Å². The monoisotopic (exact) mass is 252 g/mol. The number of halogens is 1. The zero-order chi connectivity index (χ0) is 9.97. The lowest BCUT2D eigenvalue weighted by Crippen LogP contribution is -2.26. The zero-order valence-corrected chi connectivity index (χ0v) is 9.57. The second kappa shape index (κ2) is 4.13. The number of aromatic nitrogens is 1. The molecular formula is C11H13BrN2. The Morgan fingerprint density at radius 3 is 2.86 bits per heavy atom. The Bertz CT molecular complexity index is 317. The molecule has 1 aliphatic carbocycles. The van der Waals surface area contributed by atoms with Crippen molar-refractivity contribution in [3.63, 3.8) is 0 Å². The highest BCUT2D eigenvalue weighted by Gasteiger charge is 2.28. The largest absolute Gasteiger partial charge is 0.350 e.